The van der Waals surface area contributed by atoms with Gasteiger partial charge in [-0.2, -0.15) is 0 Å². The summed E-state index contributed by atoms with van der Waals surface area (Å²) in [5.74, 6) is 0. The lowest BCUT2D eigenvalue weighted by Gasteiger charge is -2.13. The molecule has 16 heavy (non-hydrogen) atoms. The Balaban J connectivity index is 2.03. The van der Waals surface area contributed by atoms with Gasteiger partial charge < -0.3 is 5.32 Å². The zero-order valence-electron chi connectivity index (χ0n) is 9.73. The van der Waals surface area contributed by atoms with Gasteiger partial charge in [-0.3, -0.25) is 4.90 Å². The summed E-state index contributed by atoms with van der Waals surface area (Å²) >= 11 is 1.79. The molecule has 0 spiro atoms. The highest BCUT2D eigenvalue weighted by Gasteiger charge is 2.05. The lowest BCUT2D eigenvalue weighted by molar-refractivity contribution is 0.328. The molecule has 0 aliphatic rings. The van der Waals surface area contributed by atoms with Crippen molar-refractivity contribution in [2.45, 2.75) is 6.54 Å². The highest BCUT2D eigenvalue weighted by Crippen LogP contribution is 2.22. The molecule has 0 amide bonds. The van der Waals surface area contributed by atoms with Crippen LogP contribution in [0.15, 0.2) is 24.3 Å². The number of nitrogens with zero attached hydrogens (tertiary/aromatic N) is 2. The number of nitrogens with one attached hydrogen (secondary N) is 1. The number of rotatable bonds is 5. The van der Waals surface area contributed by atoms with Crippen LogP contribution in [0.4, 0.5) is 0 Å². The van der Waals surface area contributed by atoms with Gasteiger partial charge in [0, 0.05) is 13.1 Å². The first-order chi connectivity index (χ1) is 7.79. The highest BCUT2D eigenvalue weighted by atomic mass is 32.1. The van der Waals surface area contributed by atoms with E-state index in [1.807, 2.05) is 13.1 Å². The maximum atomic E-state index is 4.62. The molecule has 0 fully saturated rings. The van der Waals surface area contributed by atoms with Gasteiger partial charge in [0.1, 0.15) is 5.01 Å². The van der Waals surface area contributed by atoms with E-state index in [9.17, 15) is 0 Å². The first-order valence-electron chi connectivity index (χ1n) is 5.47. The van der Waals surface area contributed by atoms with Crippen molar-refractivity contribution in [3.8, 4) is 0 Å². The number of aromatic nitrogens is 1. The topological polar surface area (TPSA) is 28.2 Å². The first kappa shape index (κ1) is 11.5. The third kappa shape index (κ3) is 2.78. The predicted molar refractivity (Wildman–Crippen MR) is 69.9 cm³/mol. The fourth-order valence-corrected chi connectivity index (χ4v) is 2.65. The number of fused-ring (bicyclic) bond motifs is 1. The number of benzene rings is 1. The predicted octanol–water partition coefficient (Wildman–Crippen LogP) is 1.95. The van der Waals surface area contributed by atoms with E-state index in [2.05, 4.69) is 40.4 Å². The van der Waals surface area contributed by atoms with E-state index in [0.29, 0.717) is 0 Å². The molecule has 86 valence electrons. The summed E-state index contributed by atoms with van der Waals surface area (Å²) in [7, 11) is 4.11. The zero-order chi connectivity index (χ0) is 11.4. The quantitative estimate of drug-likeness (QED) is 0.858. The second-order valence-corrected chi connectivity index (χ2v) is 5.03. The van der Waals surface area contributed by atoms with Crippen LogP contribution in [-0.4, -0.2) is 37.1 Å². The van der Waals surface area contributed by atoms with Crippen LogP contribution in [0.1, 0.15) is 5.01 Å². The third-order valence-electron chi connectivity index (χ3n) is 2.49. The molecule has 0 radical (unpaired) electrons. The summed E-state index contributed by atoms with van der Waals surface area (Å²) in [5.41, 5.74) is 1.12. The van der Waals surface area contributed by atoms with E-state index >= 15 is 0 Å². The average Bonchev–Trinajstić information content (AvgIpc) is 2.68. The molecule has 0 bridgehead atoms. The molecule has 1 heterocycles. The average molecular weight is 235 g/mol. The molecule has 2 aromatic rings. The molecule has 0 saturated carbocycles. The van der Waals surface area contributed by atoms with Gasteiger partial charge in [-0.05, 0) is 26.2 Å². The van der Waals surface area contributed by atoms with Crippen molar-refractivity contribution in [2.24, 2.45) is 0 Å². The Labute approximate surface area is 100 Å². The van der Waals surface area contributed by atoms with Crippen molar-refractivity contribution in [1.29, 1.82) is 0 Å². The minimum atomic E-state index is 0.932. The van der Waals surface area contributed by atoms with Crippen LogP contribution in [0.25, 0.3) is 10.2 Å². The number of likely N-dealkylation sites (N-methyl/N-ethyl adjacent to an activating group) is 2. The smallest absolute Gasteiger partial charge is 0.108 e. The van der Waals surface area contributed by atoms with Crippen molar-refractivity contribution in [1.82, 2.24) is 15.2 Å². The van der Waals surface area contributed by atoms with Crippen LogP contribution < -0.4 is 5.32 Å². The van der Waals surface area contributed by atoms with E-state index in [1.54, 1.807) is 11.3 Å². The van der Waals surface area contributed by atoms with Crippen molar-refractivity contribution in [3.63, 3.8) is 0 Å². The van der Waals surface area contributed by atoms with Crippen LogP contribution in [0.5, 0.6) is 0 Å². The molecular weight excluding hydrogens is 218 g/mol. The molecule has 3 nitrogen and oxygen atoms in total. The van der Waals surface area contributed by atoms with Crippen molar-refractivity contribution >= 4 is 21.6 Å². The van der Waals surface area contributed by atoms with Crippen LogP contribution >= 0.6 is 11.3 Å². The summed E-state index contributed by atoms with van der Waals surface area (Å²) in [6.45, 7) is 2.99. The second kappa shape index (κ2) is 5.39. The molecule has 1 aromatic carbocycles. The van der Waals surface area contributed by atoms with Crippen LogP contribution in [0.3, 0.4) is 0 Å². The van der Waals surface area contributed by atoms with Crippen molar-refractivity contribution < 1.29 is 0 Å². The lowest BCUT2D eigenvalue weighted by atomic mass is 10.3. The summed E-state index contributed by atoms with van der Waals surface area (Å²) in [6.07, 6.45) is 0. The van der Waals surface area contributed by atoms with Crippen molar-refractivity contribution in [3.05, 3.63) is 29.3 Å². The van der Waals surface area contributed by atoms with Gasteiger partial charge in [0.05, 0.1) is 16.8 Å². The number of hydrogen-bond acceptors (Lipinski definition) is 4. The fourth-order valence-electron chi connectivity index (χ4n) is 1.60. The number of thiazole rings is 1. The maximum Gasteiger partial charge on any atom is 0.108 e. The minimum Gasteiger partial charge on any atom is -0.318 e. The second-order valence-electron chi connectivity index (χ2n) is 3.92. The minimum absolute atomic E-state index is 0.932. The normalized spacial score (nSPS) is 11.4. The van der Waals surface area contributed by atoms with Gasteiger partial charge >= 0.3 is 0 Å². The van der Waals surface area contributed by atoms with Gasteiger partial charge in [-0.25, -0.2) is 4.98 Å². The van der Waals surface area contributed by atoms with Gasteiger partial charge in [-0.15, -0.1) is 11.3 Å². The molecular formula is C12H17N3S. The largest absolute Gasteiger partial charge is 0.318 e. The first-order valence-corrected chi connectivity index (χ1v) is 6.29. The van der Waals surface area contributed by atoms with E-state index in [4.69, 9.17) is 0 Å². The van der Waals surface area contributed by atoms with E-state index in [1.165, 1.54) is 9.71 Å². The van der Waals surface area contributed by atoms with Crippen molar-refractivity contribution in [2.75, 3.05) is 27.2 Å². The Morgan fingerprint density at radius 2 is 2.19 bits per heavy atom. The van der Waals surface area contributed by atoms with Crippen LogP contribution in [0, 0.1) is 0 Å². The van der Waals surface area contributed by atoms with Crippen LogP contribution in [0.2, 0.25) is 0 Å². The third-order valence-corrected chi connectivity index (χ3v) is 3.51. The molecule has 0 unspecified atom stereocenters. The fraction of sp³-hybridized carbons (Fsp3) is 0.417. The Morgan fingerprint density at radius 1 is 1.38 bits per heavy atom. The van der Waals surface area contributed by atoms with E-state index in [0.717, 1.165) is 25.2 Å². The molecule has 0 atom stereocenters. The van der Waals surface area contributed by atoms with Gasteiger partial charge in [-0.1, -0.05) is 12.1 Å². The van der Waals surface area contributed by atoms with Gasteiger partial charge in [0.15, 0.2) is 0 Å². The molecule has 2 rings (SSSR count). The molecule has 1 N–H and O–H groups in total. The van der Waals surface area contributed by atoms with Crippen LogP contribution in [-0.2, 0) is 6.54 Å². The molecule has 1 aromatic heterocycles. The molecule has 4 heteroatoms. The Hall–Kier alpha value is -0.970. The lowest BCUT2D eigenvalue weighted by Crippen LogP contribution is -2.26. The summed E-state index contributed by atoms with van der Waals surface area (Å²) < 4.78 is 1.28. The summed E-state index contributed by atoms with van der Waals surface area (Å²) in [5, 5.41) is 4.35. The van der Waals surface area contributed by atoms with Gasteiger partial charge in [0.25, 0.3) is 0 Å². The Morgan fingerprint density at radius 3 is 2.94 bits per heavy atom. The summed E-state index contributed by atoms with van der Waals surface area (Å²) in [4.78, 5) is 6.90. The molecule has 0 aliphatic heterocycles. The number of para-hydroxylation sites is 1. The maximum absolute atomic E-state index is 4.62. The van der Waals surface area contributed by atoms with E-state index < -0.39 is 0 Å². The monoisotopic (exact) mass is 235 g/mol. The Bertz CT molecular complexity index is 419. The Kier molecular flexibility index (Phi) is 3.88. The molecule has 0 saturated heterocycles. The number of hydrogen-bond donors (Lipinski definition) is 1. The molecule has 0 aliphatic carbocycles. The van der Waals surface area contributed by atoms with Gasteiger partial charge in [0.2, 0.25) is 0 Å². The van der Waals surface area contributed by atoms with E-state index in [-0.39, 0.29) is 0 Å². The standard InChI is InChI=1S/C12H17N3S/c1-13-7-8-15(2)9-12-14-10-5-3-4-6-11(10)16-12/h3-6,13H,7-9H2,1-2H3. The highest BCUT2D eigenvalue weighted by molar-refractivity contribution is 7.18. The summed E-state index contributed by atoms with van der Waals surface area (Å²) in [6, 6.07) is 8.30. The zero-order valence-corrected chi connectivity index (χ0v) is 10.5. The SMILES string of the molecule is CNCCN(C)Cc1nc2ccccc2s1.